The SMILES string of the molecule is Cc1cc2cc3cc4c5c(cccc5c3nc2c2ccccc12)CC4. The minimum absolute atomic E-state index is 1.12. The third-order valence-corrected chi connectivity index (χ3v) is 5.78. The van der Waals surface area contributed by atoms with Crippen LogP contribution in [0.4, 0.5) is 0 Å². The van der Waals surface area contributed by atoms with E-state index in [9.17, 15) is 0 Å². The van der Waals surface area contributed by atoms with Crippen molar-refractivity contribution in [2.75, 3.05) is 0 Å². The van der Waals surface area contributed by atoms with Crippen molar-refractivity contribution in [3.63, 3.8) is 0 Å². The first-order valence-electron chi connectivity index (χ1n) is 8.96. The lowest BCUT2D eigenvalue weighted by Gasteiger charge is -2.11. The lowest BCUT2D eigenvalue weighted by Crippen LogP contribution is -1.90. The minimum atomic E-state index is 1.12. The summed E-state index contributed by atoms with van der Waals surface area (Å²) in [7, 11) is 0. The van der Waals surface area contributed by atoms with Crippen LogP contribution < -0.4 is 0 Å². The number of pyridine rings is 1. The van der Waals surface area contributed by atoms with Gasteiger partial charge in [0.15, 0.2) is 0 Å². The fourth-order valence-corrected chi connectivity index (χ4v) is 4.65. The normalized spacial score (nSPS) is 13.5. The second-order valence-corrected chi connectivity index (χ2v) is 7.25. The van der Waals surface area contributed by atoms with Crippen molar-refractivity contribution in [3.05, 3.63) is 77.4 Å². The minimum Gasteiger partial charge on any atom is -0.246 e. The highest BCUT2D eigenvalue weighted by Crippen LogP contribution is 2.37. The second-order valence-electron chi connectivity index (χ2n) is 7.25. The largest absolute Gasteiger partial charge is 0.246 e. The topological polar surface area (TPSA) is 12.9 Å². The number of aryl methyl sites for hydroxylation is 3. The lowest BCUT2D eigenvalue weighted by atomic mass is 9.97. The smallest absolute Gasteiger partial charge is 0.0788 e. The molecular weight excluding hydrogens is 302 g/mol. The Morgan fingerprint density at radius 1 is 0.680 bits per heavy atom. The maximum absolute atomic E-state index is 5.19. The molecule has 1 heteroatoms. The molecule has 1 aromatic heterocycles. The van der Waals surface area contributed by atoms with E-state index < -0.39 is 0 Å². The summed E-state index contributed by atoms with van der Waals surface area (Å²) in [6, 6.07) is 22.3. The van der Waals surface area contributed by atoms with Crippen LogP contribution in [-0.2, 0) is 12.8 Å². The molecule has 0 atom stereocenters. The standard InChI is InChI=1S/C24H17N/c1-14-11-17-13-18-12-16-10-9-15-5-4-8-21(22(15)16)24(18)25-23(17)20-7-3-2-6-19(14)20/h2-8,11-13H,9-10H2,1H3. The van der Waals surface area contributed by atoms with Gasteiger partial charge in [-0.1, -0.05) is 42.5 Å². The average Bonchev–Trinajstić information content (AvgIpc) is 3.05. The van der Waals surface area contributed by atoms with Crippen molar-refractivity contribution in [1.29, 1.82) is 0 Å². The maximum Gasteiger partial charge on any atom is 0.0788 e. The maximum atomic E-state index is 5.19. The van der Waals surface area contributed by atoms with E-state index in [1.54, 1.807) is 0 Å². The molecule has 1 aliphatic carbocycles. The van der Waals surface area contributed by atoms with Crippen LogP contribution in [0.3, 0.4) is 0 Å². The van der Waals surface area contributed by atoms with Crippen LogP contribution in [0.25, 0.3) is 43.4 Å². The molecule has 0 saturated carbocycles. The molecule has 0 radical (unpaired) electrons. The molecule has 0 unspecified atom stereocenters. The van der Waals surface area contributed by atoms with Gasteiger partial charge in [0, 0.05) is 21.5 Å². The Hall–Kier alpha value is -2.93. The van der Waals surface area contributed by atoms with Crippen LogP contribution in [0, 0.1) is 6.92 Å². The van der Waals surface area contributed by atoms with Crippen LogP contribution in [0.1, 0.15) is 16.7 Å². The summed E-state index contributed by atoms with van der Waals surface area (Å²) in [5.74, 6) is 0. The first kappa shape index (κ1) is 13.4. The van der Waals surface area contributed by atoms with E-state index in [4.69, 9.17) is 4.98 Å². The van der Waals surface area contributed by atoms with Gasteiger partial charge >= 0.3 is 0 Å². The van der Waals surface area contributed by atoms with Gasteiger partial charge in [-0.15, -0.1) is 0 Å². The lowest BCUT2D eigenvalue weighted by molar-refractivity contribution is 1.03. The Labute approximate surface area is 145 Å². The van der Waals surface area contributed by atoms with Gasteiger partial charge in [-0.3, -0.25) is 0 Å². The summed E-state index contributed by atoms with van der Waals surface area (Å²) in [6.07, 6.45) is 2.31. The summed E-state index contributed by atoms with van der Waals surface area (Å²) in [6.45, 7) is 2.19. The molecule has 25 heavy (non-hydrogen) atoms. The molecule has 1 nitrogen and oxygen atoms in total. The molecule has 5 aromatic rings. The summed E-state index contributed by atoms with van der Waals surface area (Å²) >= 11 is 0. The highest BCUT2D eigenvalue weighted by molar-refractivity contribution is 6.15. The number of nitrogens with zero attached hydrogens (tertiary/aromatic N) is 1. The van der Waals surface area contributed by atoms with Gasteiger partial charge < -0.3 is 0 Å². The second kappa shape index (κ2) is 4.58. The number of rotatable bonds is 0. The predicted octanol–water partition coefficient (Wildman–Crippen LogP) is 6.10. The van der Waals surface area contributed by atoms with Crippen LogP contribution in [0.15, 0.2) is 60.7 Å². The van der Waals surface area contributed by atoms with E-state index in [2.05, 4.69) is 67.6 Å². The Bertz CT molecular complexity index is 1340. The fourth-order valence-electron chi connectivity index (χ4n) is 4.65. The van der Waals surface area contributed by atoms with Crippen LogP contribution in [0.2, 0.25) is 0 Å². The van der Waals surface area contributed by atoms with Gasteiger partial charge in [0.1, 0.15) is 0 Å². The molecule has 4 aromatic carbocycles. The zero-order valence-corrected chi connectivity index (χ0v) is 14.1. The molecule has 0 bridgehead atoms. The molecule has 0 amide bonds. The molecule has 0 fully saturated rings. The van der Waals surface area contributed by atoms with E-state index >= 15 is 0 Å². The predicted molar refractivity (Wildman–Crippen MR) is 106 cm³/mol. The first-order chi connectivity index (χ1) is 12.3. The van der Waals surface area contributed by atoms with Gasteiger partial charge in [-0.25, -0.2) is 4.98 Å². The molecule has 0 saturated heterocycles. The van der Waals surface area contributed by atoms with Gasteiger partial charge in [0.25, 0.3) is 0 Å². The number of hydrogen-bond donors (Lipinski definition) is 0. The fraction of sp³-hybridized carbons (Fsp3) is 0.125. The Balaban J connectivity index is 1.88. The third-order valence-electron chi connectivity index (χ3n) is 5.78. The van der Waals surface area contributed by atoms with Crippen molar-refractivity contribution in [1.82, 2.24) is 4.98 Å². The molecule has 0 spiro atoms. The van der Waals surface area contributed by atoms with Crippen molar-refractivity contribution < 1.29 is 0 Å². The van der Waals surface area contributed by atoms with Crippen molar-refractivity contribution >= 4 is 43.4 Å². The summed E-state index contributed by atoms with van der Waals surface area (Å²) in [4.78, 5) is 5.19. The van der Waals surface area contributed by atoms with Crippen LogP contribution in [-0.4, -0.2) is 4.98 Å². The number of benzene rings is 4. The molecule has 0 N–H and O–H groups in total. The van der Waals surface area contributed by atoms with E-state index in [1.807, 2.05) is 0 Å². The number of fused-ring (bicyclic) bond motifs is 5. The first-order valence-corrected chi connectivity index (χ1v) is 8.96. The van der Waals surface area contributed by atoms with Crippen molar-refractivity contribution in [2.24, 2.45) is 0 Å². The zero-order chi connectivity index (χ0) is 16.5. The van der Waals surface area contributed by atoms with E-state index in [0.29, 0.717) is 0 Å². The highest BCUT2D eigenvalue weighted by Gasteiger charge is 2.17. The molecule has 118 valence electrons. The summed E-state index contributed by atoms with van der Waals surface area (Å²) in [5.41, 5.74) is 6.54. The molecule has 1 aliphatic rings. The third kappa shape index (κ3) is 1.70. The average molecular weight is 319 g/mol. The Morgan fingerprint density at radius 3 is 2.32 bits per heavy atom. The number of aromatic nitrogens is 1. The summed E-state index contributed by atoms with van der Waals surface area (Å²) in [5, 5.41) is 7.82. The van der Waals surface area contributed by atoms with E-state index in [1.165, 1.54) is 49.0 Å². The van der Waals surface area contributed by atoms with Crippen molar-refractivity contribution in [2.45, 2.75) is 19.8 Å². The van der Waals surface area contributed by atoms with Gasteiger partial charge in [-0.05, 0) is 65.4 Å². The molecular formula is C24H17N. The zero-order valence-electron chi connectivity index (χ0n) is 14.1. The van der Waals surface area contributed by atoms with Gasteiger partial charge in [-0.2, -0.15) is 0 Å². The van der Waals surface area contributed by atoms with Gasteiger partial charge in [0.2, 0.25) is 0 Å². The summed E-state index contributed by atoms with van der Waals surface area (Å²) < 4.78 is 0. The molecule has 0 aliphatic heterocycles. The van der Waals surface area contributed by atoms with Crippen molar-refractivity contribution in [3.8, 4) is 0 Å². The number of hydrogen-bond acceptors (Lipinski definition) is 1. The molecule has 6 rings (SSSR count). The quantitative estimate of drug-likeness (QED) is 0.248. The highest BCUT2D eigenvalue weighted by atomic mass is 14.7. The van der Waals surface area contributed by atoms with Gasteiger partial charge in [0.05, 0.1) is 11.0 Å². The molecule has 1 heterocycles. The van der Waals surface area contributed by atoms with E-state index in [0.717, 1.165) is 23.9 Å². The van der Waals surface area contributed by atoms with E-state index in [-0.39, 0.29) is 0 Å². The van der Waals surface area contributed by atoms with Crippen LogP contribution >= 0.6 is 0 Å². The Morgan fingerprint density at radius 2 is 1.40 bits per heavy atom. The van der Waals surface area contributed by atoms with Crippen LogP contribution in [0.5, 0.6) is 0 Å². The Kier molecular flexibility index (Phi) is 2.45. The monoisotopic (exact) mass is 319 g/mol.